The van der Waals surface area contributed by atoms with Crippen LogP contribution in [0.25, 0.3) is 0 Å². The molecule has 0 aliphatic carbocycles. The molecule has 0 aliphatic heterocycles. The third-order valence-electron chi connectivity index (χ3n) is 1.86. The summed E-state index contributed by atoms with van der Waals surface area (Å²) in [6.45, 7) is 8.62. The fourth-order valence-electron chi connectivity index (χ4n) is 1.18. The number of nitrogens with two attached hydrogens (primary N) is 1. The quantitative estimate of drug-likeness (QED) is 0.822. The van der Waals surface area contributed by atoms with Gasteiger partial charge in [0.2, 0.25) is 0 Å². The summed E-state index contributed by atoms with van der Waals surface area (Å²) in [5.41, 5.74) is 6.59. The van der Waals surface area contributed by atoms with Gasteiger partial charge in [0.1, 0.15) is 6.73 Å². The van der Waals surface area contributed by atoms with Crippen LogP contribution >= 0.6 is 0 Å². The van der Waals surface area contributed by atoms with E-state index in [2.05, 4.69) is 4.98 Å². The lowest BCUT2D eigenvalue weighted by Crippen LogP contribution is -2.20. The molecule has 0 saturated carbocycles. The fraction of sp³-hybridized carbons (Fsp3) is 0.727. The third-order valence-corrected chi connectivity index (χ3v) is 1.86. The molecule has 0 fully saturated rings. The minimum absolute atomic E-state index is 0.119. The Balaban J connectivity index is 2.46. The van der Waals surface area contributed by atoms with Gasteiger partial charge in [-0.2, -0.15) is 0 Å². The largest absolute Gasteiger partial charge is 0.355 e. The molecule has 4 nitrogen and oxygen atoms in total. The summed E-state index contributed by atoms with van der Waals surface area (Å²) < 4.78 is 7.56. The van der Waals surface area contributed by atoms with Crippen LogP contribution in [0.5, 0.6) is 0 Å². The van der Waals surface area contributed by atoms with Gasteiger partial charge in [-0.25, -0.2) is 4.98 Å². The molecule has 1 aromatic rings. The van der Waals surface area contributed by atoms with Crippen LogP contribution in [0.4, 0.5) is 0 Å². The van der Waals surface area contributed by atoms with E-state index in [0.717, 1.165) is 12.1 Å². The molecule has 0 aromatic carbocycles. The molecule has 1 atom stereocenters. The third kappa shape index (κ3) is 4.95. The number of aromatic nitrogens is 2. The van der Waals surface area contributed by atoms with Crippen molar-refractivity contribution in [1.29, 1.82) is 0 Å². The second-order valence-corrected chi connectivity index (χ2v) is 4.95. The van der Waals surface area contributed by atoms with E-state index >= 15 is 0 Å². The molecule has 0 aliphatic rings. The first-order valence-electron chi connectivity index (χ1n) is 5.27. The van der Waals surface area contributed by atoms with E-state index in [1.54, 1.807) is 6.33 Å². The maximum Gasteiger partial charge on any atom is 0.124 e. The summed E-state index contributed by atoms with van der Waals surface area (Å²) in [6.07, 6.45) is 4.57. The lowest BCUT2D eigenvalue weighted by Gasteiger charge is -2.19. The highest BCUT2D eigenvalue weighted by Crippen LogP contribution is 2.08. The molecule has 2 N–H and O–H groups in total. The monoisotopic (exact) mass is 211 g/mol. The molecule has 0 amide bonds. The van der Waals surface area contributed by atoms with Crippen molar-refractivity contribution in [2.75, 3.05) is 0 Å². The smallest absolute Gasteiger partial charge is 0.124 e. The summed E-state index contributed by atoms with van der Waals surface area (Å²) in [5.74, 6) is 0. The highest BCUT2D eigenvalue weighted by molar-refractivity contribution is 4.98. The highest BCUT2D eigenvalue weighted by atomic mass is 16.5. The Bertz CT molecular complexity index is 299. The van der Waals surface area contributed by atoms with Gasteiger partial charge in [0.05, 0.1) is 17.6 Å². The van der Waals surface area contributed by atoms with Crippen molar-refractivity contribution in [3.8, 4) is 0 Å². The van der Waals surface area contributed by atoms with E-state index in [-0.39, 0.29) is 11.6 Å². The van der Waals surface area contributed by atoms with Crippen molar-refractivity contribution in [3.05, 3.63) is 18.2 Å². The van der Waals surface area contributed by atoms with Crippen molar-refractivity contribution >= 4 is 0 Å². The normalized spacial score (nSPS) is 14.2. The van der Waals surface area contributed by atoms with Crippen LogP contribution < -0.4 is 5.73 Å². The molecule has 4 heteroatoms. The van der Waals surface area contributed by atoms with Crippen molar-refractivity contribution < 1.29 is 4.74 Å². The van der Waals surface area contributed by atoms with Crippen molar-refractivity contribution in [2.45, 2.75) is 52.5 Å². The summed E-state index contributed by atoms with van der Waals surface area (Å²) in [4.78, 5) is 4.26. The lowest BCUT2D eigenvalue weighted by molar-refractivity contribution is -0.0433. The van der Waals surface area contributed by atoms with E-state index in [0.29, 0.717) is 6.73 Å². The average Bonchev–Trinajstić information content (AvgIpc) is 2.46. The van der Waals surface area contributed by atoms with Crippen LogP contribution in [0.1, 0.15) is 33.4 Å². The van der Waals surface area contributed by atoms with Gasteiger partial charge in [0.15, 0.2) is 0 Å². The van der Waals surface area contributed by atoms with E-state index in [4.69, 9.17) is 10.5 Å². The van der Waals surface area contributed by atoms with Crippen LogP contribution in [-0.4, -0.2) is 21.2 Å². The summed E-state index contributed by atoms with van der Waals surface area (Å²) in [6, 6.07) is 0.150. The molecule has 0 saturated heterocycles. The molecule has 1 aromatic heterocycles. The topological polar surface area (TPSA) is 53.1 Å². The molecular formula is C11H21N3O. The summed E-state index contributed by atoms with van der Waals surface area (Å²) >= 11 is 0. The Morgan fingerprint density at radius 2 is 2.20 bits per heavy atom. The maximum absolute atomic E-state index is 5.70. The number of hydrogen-bond acceptors (Lipinski definition) is 3. The molecule has 0 unspecified atom stereocenters. The van der Waals surface area contributed by atoms with Gasteiger partial charge in [0.25, 0.3) is 0 Å². The fourth-order valence-corrected chi connectivity index (χ4v) is 1.18. The van der Waals surface area contributed by atoms with E-state index in [1.807, 2.05) is 38.5 Å². The number of rotatable bonds is 4. The Labute approximate surface area is 91.4 Å². The van der Waals surface area contributed by atoms with Crippen molar-refractivity contribution in [3.63, 3.8) is 0 Å². The second-order valence-electron chi connectivity index (χ2n) is 4.95. The first-order valence-corrected chi connectivity index (χ1v) is 5.27. The minimum atomic E-state index is -0.119. The van der Waals surface area contributed by atoms with Crippen LogP contribution in [0.2, 0.25) is 0 Å². The average molecular weight is 211 g/mol. The van der Waals surface area contributed by atoms with Crippen LogP contribution in [0.3, 0.4) is 0 Å². The summed E-state index contributed by atoms with van der Waals surface area (Å²) in [7, 11) is 0. The first kappa shape index (κ1) is 12.2. The molecule has 1 rings (SSSR count). The summed E-state index contributed by atoms with van der Waals surface area (Å²) in [5, 5.41) is 0. The zero-order valence-corrected chi connectivity index (χ0v) is 10.0. The van der Waals surface area contributed by atoms with Crippen LogP contribution in [0, 0.1) is 0 Å². The number of imidazole rings is 1. The van der Waals surface area contributed by atoms with E-state index in [9.17, 15) is 0 Å². The molecule has 0 bridgehead atoms. The Morgan fingerprint density at radius 3 is 2.73 bits per heavy atom. The maximum atomic E-state index is 5.70. The predicted octanol–water partition coefficient (Wildman–Crippen LogP) is 1.55. The second kappa shape index (κ2) is 4.77. The molecule has 86 valence electrons. The lowest BCUT2D eigenvalue weighted by atomic mass is 10.2. The molecule has 0 spiro atoms. The minimum Gasteiger partial charge on any atom is -0.355 e. The Kier molecular flexibility index (Phi) is 3.88. The standard InChI is InChI=1S/C11H21N3O/c1-9(12)5-10-6-14(7-13-10)8-15-11(2,3)4/h6-7,9H,5,8,12H2,1-4H3/t9-/m1/s1. The van der Waals surface area contributed by atoms with Crippen molar-refractivity contribution in [2.24, 2.45) is 5.73 Å². The Hall–Kier alpha value is -0.870. The van der Waals surface area contributed by atoms with E-state index < -0.39 is 0 Å². The zero-order valence-electron chi connectivity index (χ0n) is 10.0. The van der Waals surface area contributed by atoms with Gasteiger partial charge in [0, 0.05) is 18.7 Å². The van der Waals surface area contributed by atoms with Gasteiger partial charge in [-0.1, -0.05) is 0 Å². The number of ether oxygens (including phenoxy) is 1. The zero-order chi connectivity index (χ0) is 11.5. The SMILES string of the molecule is C[C@@H](N)Cc1cn(COC(C)(C)C)cn1. The van der Waals surface area contributed by atoms with Crippen LogP contribution in [0.15, 0.2) is 12.5 Å². The molecule has 0 radical (unpaired) electrons. The number of hydrogen-bond donors (Lipinski definition) is 1. The predicted molar refractivity (Wildman–Crippen MR) is 60.4 cm³/mol. The number of nitrogens with zero attached hydrogens (tertiary/aromatic N) is 2. The van der Waals surface area contributed by atoms with Crippen molar-refractivity contribution in [1.82, 2.24) is 9.55 Å². The van der Waals surface area contributed by atoms with E-state index in [1.165, 1.54) is 0 Å². The molecule has 1 heterocycles. The van der Waals surface area contributed by atoms with Gasteiger partial charge in [-0.15, -0.1) is 0 Å². The highest BCUT2D eigenvalue weighted by Gasteiger charge is 2.10. The van der Waals surface area contributed by atoms with Crippen LogP contribution in [-0.2, 0) is 17.9 Å². The van der Waals surface area contributed by atoms with Gasteiger partial charge < -0.3 is 15.0 Å². The van der Waals surface area contributed by atoms with Gasteiger partial charge >= 0.3 is 0 Å². The molecular weight excluding hydrogens is 190 g/mol. The van der Waals surface area contributed by atoms with Gasteiger partial charge in [-0.3, -0.25) is 0 Å². The molecule has 15 heavy (non-hydrogen) atoms. The first-order chi connectivity index (χ1) is 6.87. The van der Waals surface area contributed by atoms with Gasteiger partial charge in [-0.05, 0) is 27.7 Å². The Morgan fingerprint density at radius 1 is 1.53 bits per heavy atom.